The van der Waals surface area contributed by atoms with Gasteiger partial charge in [-0.05, 0) is 19.9 Å². The molecule has 1 N–H and O–H groups in total. The highest BCUT2D eigenvalue weighted by Gasteiger charge is 2.43. The zero-order chi connectivity index (χ0) is 15.3. The lowest BCUT2D eigenvalue weighted by atomic mass is 10.1. The van der Waals surface area contributed by atoms with Gasteiger partial charge in [0.15, 0.2) is 0 Å². The van der Waals surface area contributed by atoms with Gasteiger partial charge in [-0.1, -0.05) is 6.92 Å². The number of rotatable bonds is 4. The molecule has 5 nitrogen and oxygen atoms in total. The molecule has 0 aromatic rings. The highest BCUT2D eigenvalue weighted by Crippen LogP contribution is 2.18. The molecule has 1 aliphatic rings. The van der Waals surface area contributed by atoms with E-state index >= 15 is 0 Å². The van der Waals surface area contributed by atoms with E-state index in [1.165, 1.54) is 6.92 Å². The molecule has 2 atom stereocenters. The van der Waals surface area contributed by atoms with E-state index in [0.717, 1.165) is 19.6 Å². The second kappa shape index (κ2) is 7.03. The zero-order valence-electron chi connectivity index (χ0n) is 11.5. The summed E-state index contributed by atoms with van der Waals surface area (Å²) in [5.41, 5.74) is 0. The number of alkyl halides is 3. The van der Waals surface area contributed by atoms with Gasteiger partial charge in [-0.2, -0.15) is 13.2 Å². The number of piperazine rings is 1. The Morgan fingerprint density at radius 3 is 2.65 bits per heavy atom. The van der Waals surface area contributed by atoms with E-state index in [-0.39, 0.29) is 0 Å². The molecule has 0 saturated carbocycles. The summed E-state index contributed by atoms with van der Waals surface area (Å²) in [7, 11) is 0. The molecule has 1 rings (SSSR count). The predicted octanol–water partition coefficient (Wildman–Crippen LogP) is 0.938. The van der Waals surface area contributed by atoms with E-state index in [0.29, 0.717) is 19.0 Å². The normalized spacial score (nSPS) is 22.4. The van der Waals surface area contributed by atoms with Gasteiger partial charge >= 0.3 is 18.1 Å². The van der Waals surface area contributed by atoms with Crippen LogP contribution in [0.15, 0.2) is 0 Å². The Morgan fingerprint density at radius 1 is 1.45 bits per heavy atom. The number of hydrogen-bond acceptors (Lipinski definition) is 5. The smallest absolute Gasteiger partial charge is 0.386 e. The van der Waals surface area contributed by atoms with Crippen molar-refractivity contribution in [1.82, 2.24) is 10.2 Å². The minimum absolute atomic E-state index is 0.309. The molecule has 1 unspecified atom stereocenters. The first-order valence-electron chi connectivity index (χ1n) is 6.49. The first-order valence-corrected chi connectivity index (χ1v) is 6.49. The average Bonchev–Trinajstić information content (AvgIpc) is 2.36. The summed E-state index contributed by atoms with van der Waals surface area (Å²) in [6.07, 6.45) is -4.78. The lowest BCUT2D eigenvalue weighted by molar-refractivity contribution is -0.203. The molecule has 20 heavy (non-hydrogen) atoms. The first-order chi connectivity index (χ1) is 9.21. The lowest BCUT2D eigenvalue weighted by Crippen LogP contribution is -2.50. The van der Waals surface area contributed by atoms with Crippen molar-refractivity contribution in [2.75, 3.05) is 26.2 Å². The maximum atomic E-state index is 12.0. The van der Waals surface area contributed by atoms with Crippen LogP contribution in [0.4, 0.5) is 13.2 Å². The zero-order valence-corrected chi connectivity index (χ0v) is 11.5. The van der Waals surface area contributed by atoms with Crippen LogP contribution >= 0.6 is 0 Å². The monoisotopic (exact) mass is 296 g/mol. The molecule has 0 spiro atoms. The topological polar surface area (TPSA) is 58.6 Å². The minimum Gasteiger partial charge on any atom is -0.386 e. The number of nitrogens with one attached hydrogen (secondary N) is 1. The maximum absolute atomic E-state index is 12.0. The molecule has 1 saturated heterocycles. The summed E-state index contributed by atoms with van der Waals surface area (Å²) >= 11 is 0. The van der Waals surface area contributed by atoms with Crippen molar-refractivity contribution < 1.29 is 27.5 Å². The lowest BCUT2D eigenvalue weighted by Gasteiger charge is -2.34. The van der Waals surface area contributed by atoms with Crippen LogP contribution in [-0.2, 0) is 14.3 Å². The molecular formula is C12H19F3N2O3. The predicted molar refractivity (Wildman–Crippen MR) is 64.8 cm³/mol. The third-order valence-corrected chi connectivity index (χ3v) is 3.32. The molecule has 0 amide bonds. The van der Waals surface area contributed by atoms with Gasteiger partial charge in [0.25, 0.3) is 0 Å². The molecule has 8 heteroatoms. The van der Waals surface area contributed by atoms with Crippen LogP contribution < -0.4 is 5.32 Å². The fourth-order valence-corrected chi connectivity index (χ4v) is 1.94. The molecule has 1 heterocycles. The summed E-state index contributed by atoms with van der Waals surface area (Å²) in [5.74, 6) is -4.33. The van der Waals surface area contributed by atoms with E-state index in [9.17, 15) is 22.8 Å². The van der Waals surface area contributed by atoms with E-state index in [2.05, 4.69) is 15.0 Å². The van der Waals surface area contributed by atoms with Crippen molar-refractivity contribution in [2.24, 2.45) is 5.92 Å². The molecule has 0 bridgehead atoms. The molecule has 0 aromatic carbocycles. The standard InChI is InChI=1S/C12H19F3N2O3/c1-8(10(18)20-11(19)12(13,14)15)3-5-17-6-4-16-7-9(17)2/h8-9,16H,3-7H2,1-2H3/t8?,9-/m1/s1. The van der Waals surface area contributed by atoms with Crippen LogP contribution in [0.2, 0.25) is 0 Å². The Kier molecular flexibility index (Phi) is 5.94. The molecule has 0 aliphatic carbocycles. The Bertz CT molecular complexity index is 360. The SMILES string of the molecule is CC(CCN1CCNC[C@H]1C)C(=O)OC(=O)C(F)(F)F. The third-order valence-electron chi connectivity index (χ3n) is 3.32. The average molecular weight is 296 g/mol. The molecule has 0 aromatic heterocycles. The minimum atomic E-state index is -5.14. The Labute approximate surface area is 115 Å². The van der Waals surface area contributed by atoms with Crippen molar-refractivity contribution in [3.63, 3.8) is 0 Å². The van der Waals surface area contributed by atoms with Crippen molar-refractivity contribution >= 4 is 11.9 Å². The van der Waals surface area contributed by atoms with Gasteiger partial charge in [0.2, 0.25) is 0 Å². The van der Waals surface area contributed by atoms with E-state index < -0.39 is 24.0 Å². The van der Waals surface area contributed by atoms with Crippen molar-refractivity contribution in [3.05, 3.63) is 0 Å². The number of ether oxygens (including phenoxy) is 1. The van der Waals surface area contributed by atoms with Crippen LogP contribution in [0.3, 0.4) is 0 Å². The summed E-state index contributed by atoms with van der Waals surface area (Å²) in [5, 5.41) is 3.21. The molecule has 1 fully saturated rings. The Morgan fingerprint density at radius 2 is 2.10 bits per heavy atom. The van der Waals surface area contributed by atoms with Crippen molar-refractivity contribution in [1.29, 1.82) is 0 Å². The van der Waals surface area contributed by atoms with Crippen LogP contribution in [0.25, 0.3) is 0 Å². The van der Waals surface area contributed by atoms with Gasteiger partial charge in [-0.3, -0.25) is 9.69 Å². The van der Waals surface area contributed by atoms with Crippen molar-refractivity contribution in [2.45, 2.75) is 32.5 Å². The first kappa shape index (κ1) is 16.9. The summed E-state index contributed by atoms with van der Waals surface area (Å²) in [6.45, 7) is 6.58. The molecule has 0 radical (unpaired) electrons. The number of esters is 2. The number of carbonyl (C=O) groups excluding carboxylic acids is 2. The number of halogens is 3. The van der Waals surface area contributed by atoms with Crippen LogP contribution in [-0.4, -0.2) is 55.2 Å². The van der Waals surface area contributed by atoms with Gasteiger partial charge in [-0.25, -0.2) is 4.79 Å². The number of hydrogen-bond donors (Lipinski definition) is 1. The maximum Gasteiger partial charge on any atom is 0.491 e. The van der Waals surface area contributed by atoms with Crippen LogP contribution in [0, 0.1) is 5.92 Å². The summed E-state index contributed by atoms with van der Waals surface area (Å²) < 4.78 is 39.7. The number of nitrogens with zero attached hydrogens (tertiary/aromatic N) is 1. The highest BCUT2D eigenvalue weighted by atomic mass is 19.4. The quantitative estimate of drug-likeness (QED) is 0.618. The van der Waals surface area contributed by atoms with Gasteiger partial charge in [0.1, 0.15) is 0 Å². The van der Waals surface area contributed by atoms with Gasteiger partial charge < -0.3 is 10.1 Å². The number of carbonyl (C=O) groups is 2. The second-order valence-corrected chi connectivity index (χ2v) is 4.99. The van der Waals surface area contributed by atoms with Gasteiger partial charge in [0, 0.05) is 25.7 Å². The van der Waals surface area contributed by atoms with Crippen LogP contribution in [0.1, 0.15) is 20.3 Å². The van der Waals surface area contributed by atoms with Crippen molar-refractivity contribution in [3.8, 4) is 0 Å². The molecule has 116 valence electrons. The van der Waals surface area contributed by atoms with E-state index in [1.807, 2.05) is 6.92 Å². The van der Waals surface area contributed by atoms with Gasteiger partial charge in [0.05, 0.1) is 5.92 Å². The largest absolute Gasteiger partial charge is 0.491 e. The summed E-state index contributed by atoms with van der Waals surface area (Å²) in [4.78, 5) is 24.1. The Balaban J connectivity index is 2.36. The molecular weight excluding hydrogens is 277 g/mol. The fraction of sp³-hybridized carbons (Fsp3) is 0.833. The van der Waals surface area contributed by atoms with E-state index in [1.54, 1.807) is 0 Å². The van der Waals surface area contributed by atoms with Gasteiger partial charge in [-0.15, -0.1) is 0 Å². The van der Waals surface area contributed by atoms with E-state index in [4.69, 9.17) is 0 Å². The Hall–Kier alpha value is -1.15. The third kappa shape index (κ3) is 5.09. The van der Waals surface area contributed by atoms with Crippen LogP contribution in [0.5, 0.6) is 0 Å². The second-order valence-electron chi connectivity index (χ2n) is 4.99. The fourth-order valence-electron chi connectivity index (χ4n) is 1.94. The molecule has 1 aliphatic heterocycles. The summed E-state index contributed by atoms with van der Waals surface area (Å²) in [6, 6.07) is 0.309. The highest BCUT2D eigenvalue weighted by molar-refractivity contribution is 5.89.